The van der Waals surface area contributed by atoms with Gasteiger partial charge in [-0.15, -0.1) is 0 Å². The van der Waals surface area contributed by atoms with Gasteiger partial charge in [-0.2, -0.15) is 0 Å². The number of nitrogens with one attached hydrogen (secondary N) is 1. The lowest BCUT2D eigenvalue weighted by molar-refractivity contribution is -0.189. The summed E-state index contributed by atoms with van der Waals surface area (Å²) in [6.45, 7) is 4.27. The third kappa shape index (κ3) is 5.39. The molecule has 2 aliphatic heterocycles. The lowest BCUT2D eigenvalue weighted by Gasteiger charge is -2.55. The summed E-state index contributed by atoms with van der Waals surface area (Å²) < 4.78 is 18.7. The topological polar surface area (TPSA) is 85.4 Å². The predicted octanol–water partition coefficient (Wildman–Crippen LogP) is 3.13. The van der Waals surface area contributed by atoms with Gasteiger partial charge in [0, 0.05) is 13.6 Å². The van der Waals surface area contributed by atoms with Gasteiger partial charge in [0.15, 0.2) is 0 Å². The molecule has 2 aromatic rings. The average Bonchev–Trinajstić information content (AvgIpc) is 2.89. The Hall–Kier alpha value is -3.66. The molecule has 198 valence electrons. The molecule has 3 atom stereocenters. The van der Waals surface area contributed by atoms with Crippen LogP contribution in [0.1, 0.15) is 43.9 Å². The van der Waals surface area contributed by atoms with E-state index in [4.69, 9.17) is 4.74 Å². The molecule has 0 spiro atoms. The molecular formula is C27H34FN5O4. The summed E-state index contributed by atoms with van der Waals surface area (Å²) in [5.41, 5.74) is 1.68. The number of benzene rings is 2. The standard InChI is InChI=1S/C27H34FN5O4/c1-5-6-23-26(35)31(18(2)20-9-11-21(28)12-10-20)16-24-32(23)25(34)17-30(3)33(24)27(36)29-15-19-7-13-22(37-4)14-8-19/h7-14,18,23-24H,5-6,15-17H2,1-4H3,(H,29,36)/t18?,23-,24-/m0/s1. The molecule has 1 N–H and O–H groups in total. The zero-order valence-electron chi connectivity index (χ0n) is 21.7. The molecule has 0 bridgehead atoms. The fourth-order valence-electron chi connectivity index (χ4n) is 5.09. The van der Waals surface area contributed by atoms with Gasteiger partial charge in [0.25, 0.3) is 0 Å². The molecular weight excluding hydrogens is 477 g/mol. The Kier molecular flexibility index (Phi) is 7.97. The first kappa shape index (κ1) is 26.4. The molecule has 4 rings (SSSR count). The molecule has 2 fully saturated rings. The van der Waals surface area contributed by atoms with Crippen LogP contribution in [0.3, 0.4) is 0 Å². The number of amides is 4. The number of piperazine rings is 1. The predicted molar refractivity (Wildman–Crippen MR) is 136 cm³/mol. The minimum absolute atomic E-state index is 0.00648. The number of ether oxygens (including phenoxy) is 1. The molecule has 1 unspecified atom stereocenters. The van der Waals surface area contributed by atoms with Crippen LogP contribution in [0.25, 0.3) is 0 Å². The van der Waals surface area contributed by atoms with Crippen molar-refractivity contribution in [3.05, 3.63) is 65.5 Å². The van der Waals surface area contributed by atoms with Gasteiger partial charge in [-0.25, -0.2) is 19.2 Å². The summed E-state index contributed by atoms with van der Waals surface area (Å²) in [5.74, 6) is 0.0263. The molecule has 10 heteroatoms. The minimum Gasteiger partial charge on any atom is -0.497 e. The first-order chi connectivity index (χ1) is 17.7. The van der Waals surface area contributed by atoms with E-state index in [-0.39, 0.29) is 42.8 Å². The van der Waals surface area contributed by atoms with E-state index in [9.17, 15) is 18.8 Å². The second-order valence-electron chi connectivity index (χ2n) is 9.47. The van der Waals surface area contributed by atoms with Gasteiger partial charge < -0.3 is 19.9 Å². The average molecular weight is 512 g/mol. The number of hydrazine groups is 1. The number of carbonyl (C=O) groups excluding carboxylic acids is 3. The van der Waals surface area contributed by atoms with Gasteiger partial charge in [-0.1, -0.05) is 37.6 Å². The Bertz CT molecular complexity index is 1130. The first-order valence-electron chi connectivity index (χ1n) is 12.5. The van der Waals surface area contributed by atoms with Crippen molar-refractivity contribution in [2.45, 2.75) is 51.5 Å². The fourth-order valence-corrected chi connectivity index (χ4v) is 5.09. The van der Waals surface area contributed by atoms with Gasteiger partial charge in [0.2, 0.25) is 11.8 Å². The van der Waals surface area contributed by atoms with Crippen LogP contribution >= 0.6 is 0 Å². The molecule has 4 amide bonds. The molecule has 0 aromatic heterocycles. The van der Waals surface area contributed by atoms with Crippen molar-refractivity contribution in [3.63, 3.8) is 0 Å². The highest BCUT2D eigenvalue weighted by Gasteiger charge is 2.51. The minimum atomic E-state index is -0.676. The number of fused-ring (bicyclic) bond motifs is 1. The van der Waals surface area contributed by atoms with Gasteiger partial charge in [0.1, 0.15) is 23.8 Å². The monoisotopic (exact) mass is 511 g/mol. The SMILES string of the molecule is CCC[C@H]1C(=O)N(C(C)c2ccc(F)cc2)C[C@H]2N1C(=O)CN(C)N2C(=O)NCc1ccc(OC)cc1. The highest BCUT2D eigenvalue weighted by Crippen LogP contribution is 2.32. The Balaban J connectivity index is 1.60. The number of hydrogen-bond acceptors (Lipinski definition) is 5. The number of likely N-dealkylation sites (N-methyl/N-ethyl adjacent to an activating group) is 1. The zero-order chi connectivity index (χ0) is 26.7. The van der Waals surface area contributed by atoms with Crippen LogP contribution in [-0.4, -0.2) is 77.1 Å². The van der Waals surface area contributed by atoms with E-state index in [0.29, 0.717) is 19.4 Å². The van der Waals surface area contributed by atoms with E-state index in [1.165, 1.54) is 17.1 Å². The van der Waals surface area contributed by atoms with E-state index in [1.54, 1.807) is 41.1 Å². The van der Waals surface area contributed by atoms with Crippen molar-refractivity contribution in [2.75, 3.05) is 27.2 Å². The van der Waals surface area contributed by atoms with Gasteiger partial charge in [-0.3, -0.25) is 9.59 Å². The fraction of sp³-hybridized carbons (Fsp3) is 0.444. The molecule has 9 nitrogen and oxygen atoms in total. The van der Waals surface area contributed by atoms with Crippen molar-refractivity contribution in [1.29, 1.82) is 0 Å². The summed E-state index contributed by atoms with van der Waals surface area (Å²) in [6.07, 6.45) is 0.517. The normalized spacial score (nSPS) is 21.1. The van der Waals surface area contributed by atoms with Crippen LogP contribution in [-0.2, 0) is 16.1 Å². The Labute approximate surface area is 216 Å². The van der Waals surface area contributed by atoms with E-state index in [2.05, 4.69) is 5.32 Å². The van der Waals surface area contributed by atoms with Crippen molar-refractivity contribution in [2.24, 2.45) is 0 Å². The van der Waals surface area contributed by atoms with Gasteiger partial charge in [0.05, 0.1) is 26.2 Å². The Morgan fingerprint density at radius 1 is 1.14 bits per heavy atom. The summed E-state index contributed by atoms with van der Waals surface area (Å²) in [4.78, 5) is 43.5. The smallest absolute Gasteiger partial charge is 0.334 e. The lowest BCUT2D eigenvalue weighted by atomic mass is 9.98. The molecule has 0 saturated carbocycles. The number of nitrogens with zero attached hydrogens (tertiary/aromatic N) is 4. The number of halogens is 1. The maximum atomic E-state index is 13.6. The molecule has 2 aromatic carbocycles. The molecule has 2 saturated heterocycles. The Morgan fingerprint density at radius 2 is 1.81 bits per heavy atom. The largest absolute Gasteiger partial charge is 0.497 e. The summed E-state index contributed by atoms with van der Waals surface area (Å²) in [6, 6.07) is 12.1. The second-order valence-corrected chi connectivity index (χ2v) is 9.47. The highest BCUT2D eigenvalue weighted by molar-refractivity contribution is 5.91. The van der Waals surface area contributed by atoms with Crippen molar-refractivity contribution in [3.8, 4) is 5.75 Å². The summed E-state index contributed by atoms with van der Waals surface area (Å²) in [5, 5.41) is 6.08. The molecule has 37 heavy (non-hydrogen) atoms. The number of rotatable bonds is 7. The zero-order valence-corrected chi connectivity index (χ0v) is 21.7. The first-order valence-corrected chi connectivity index (χ1v) is 12.5. The quantitative estimate of drug-likeness (QED) is 0.618. The van der Waals surface area contributed by atoms with E-state index >= 15 is 0 Å². The van der Waals surface area contributed by atoms with Crippen LogP contribution in [0.15, 0.2) is 48.5 Å². The van der Waals surface area contributed by atoms with Crippen molar-refractivity contribution >= 4 is 17.8 Å². The van der Waals surface area contributed by atoms with E-state index < -0.39 is 12.2 Å². The second kappa shape index (κ2) is 11.2. The molecule has 2 aliphatic rings. The maximum Gasteiger partial charge on any atom is 0.334 e. The van der Waals surface area contributed by atoms with E-state index in [0.717, 1.165) is 16.9 Å². The highest BCUT2D eigenvalue weighted by atomic mass is 19.1. The van der Waals surface area contributed by atoms with Crippen molar-refractivity contribution < 1.29 is 23.5 Å². The van der Waals surface area contributed by atoms with Crippen molar-refractivity contribution in [1.82, 2.24) is 25.1 Å². The van der Waals surface area contributed by atoms with Crippen LogP contribution < -0.4 is 10.1 Å². The molecule has 0 radical (unpaired) electrons. The van der Waals surface area contributed by atoms with Crippen LogP contribution in [0.4, 0.5) is 9.18 Å². The molecule has 0 aliphatic carbocycles. The number of urea groups is 1. The van der Waals surface area contributed by atoms with Gasteiger partial charge in [-0.05, 0) is 48.7 Å². The maximum absolute atomic E-state index is 13.6. The summed E-state index contributed by atoms with van der Waals surface area (Å²) >= 11 is 0. The number of hydrogen-bond donors (Lipinski definition) is 1. The lowest BCUT2D eigenvalue weighted by Crippen LogP contribution is -2.76. The third-order valence-corrected chi connectivity index (χ3v) is 7.08. The number of carbonyl (C=O) groups is 3. The Morgan fingerprint density at radius 3 is 2.43 bits per heavy atom. The van der Waals surface area contributed by atoms with Crippen LogP contribution in [0.2, 0.25) is 0 Å². The third-order valence-electron chi connectivity index (χ3n) is 7.08. The van der Waals surface area contributed by atoms with Gasteiger partial charge >= 0.3 is 6.03 Å². The van der Waals surface area contributed by atoms with Crippen LogP contribution in [0.5, 0.6) is 5.75 Å². The van der Waals surface area contributed by atoms with E-state index in [1.807, 2.05) is 38.1 Å². The van der Waals surface area contributed by atoms with Crippen LogP contribution in [0, 0.1) is 5.82 Å². The summed E-state index contributed by atoms with van der Waals surface area (Å²) in [7, 11) is 3.29. The molecule has 2 heterocycles. The number of methoxy groups -OCH3 is 1.